The second-order valence-corrected chi connectivity index (χ2v) is 4.06. The molecule has 0 radical (unpaired) electrons. The molecule has 0 aromatic heterocycles. The molecule has 0 saturated carbocycles. The van der Waals surface area contributed by atoms with Crippen LogP contribution < -0.4 is 4.74 Å². The van der Waals surface area contributed by atoms with Gasteiger partial charge in [0.1, 0.15) is 24.8 Å². The molecule has 0 aliphatic heterocycles. The van der Waals surface area contributed by atoms with Crippen molar-refractivity contribution in [3.8, 4) is 5.75 Å². The summed E-state index contributed by atoms with van der Waals surface area (Å²) in [6.45, 7) is -0.148. The molecule has 0 unspecified atom stereocenters. The lowest BCUT2D eigenvalue weighted by Gasteiger charge is -2.14. The molecule has 88 valence electrons. The summed E-state index contributed by atoms with van der Waals surface area (Å²) in [5, 5.41) is 2.75. The number of nitrogens with zero attached hydrogens (tertiary/aromatic N) is 1. The summed E-state index contributed by atoms with van der Waals surface area (Å²) in [5.74, 6) is 0.0766. The van der Waals surface area contributed by atoms with Crippen LogP contribution in [0, 0.1) is 11.8 Å². The molecule has 0 saturated heterocycles. The van der Waals surface area contributed by atoms with Crippen molar-refractivity contribution in [3.05, 3.63) is 27.1 Å². The lowest BCUT2D eigenvalue weighted by Crippen LogP contribution is -2.21. The average Bonchev–Trinajstić information content (AvgIpc) is 2.29. The summed E-state index contributed by atoms with van der Waals surface area (Å²) < 4.78 is 30.2. The van der Waals surface area contributed by atoms with Crippen molar-refractivity contribution in [2.75, 3.05) is 13.3 Å². The molecule has 16 heavy (non-hydrogen) atoms. The third-order valence-electron chi connectivity index (χ3n) is 1.98. The van der Waals surface area contributed by atoms with Gasteiger partial charge in [-0.2, -0.15) is 0 Å². The van der Waals surface area contributed by atoms with E-state index in [2.05, 4.69) is 21.1 Å². The summed E-state index contributed by atoms with van der Waals surface area (Å²) in [6, 6.07) is 2.96. The summed E-state index contributed by atoms with van der Waals surface area (Å²) in [7, 11) is 0. The number of aryl methyl sites for hydroxylation is 1. The second kappa shape index (κ2) is 5.89. The molecular weight excluding hydrogens is 284 g/mol. The first kappa shape index (κ1) is 13.0. The van der Waals surface area contributed by atoms with Gasteiger partial charge in [-0.1, -0.05) is 15.9 Å². The van der Waals surface area contributed by atoms with Crippen LogP contribution in [-0.2, 0) is 0 Å². The molecule has 6 heteroatoms. The Morgan fingerprint density at radius 2 is 2.06 bits per heavy atom. The fourth-order valence-corrected chi connectivity index (χ4v) is 1.42. The van der Waals surface area contributed by atoms with Crippen LogP contribution in [0.15, 0.2) is 21.8 Å². The zero-order valence-corrected chi connectivity index (χ0v) is 10.1. The van der Waals surface area contributed by atoms with Gasteiger partial charge in [-0.15, -0.1) is 4.91 Å². The molecule has 0 fully saturated rings. The van der Waals surface area contributed by atoms with Crippen LogP contribution in [0.3, 0.4) is 0 Å². The molecule has 0 atom stereocenters. The highest BCUT2D eigenvalue weighted by Gasteiger charge is 2.14. The Labute approximate surface area is 99.9 Å². The van der Waals surface area contributed by atoms with E-state index in [0.717, 1.165) is 5.56 Å². The first-order chi connectivity index (χ1) is 7.62. The van der Waals surface area contributed by atoms with E-state index in [1.54, 1.807) is 6.92 Å². The molecule has 0 bridgehead atoms. The third-order valence-corrected chi connectivity index (χ3v) is 2.83. The van der Waals surface area contributed by atoms with Crippen molar-refractivity contribution in [3.63, 3.8) is 0 Å². The Kier molecular flexibility index (Phi) is 4.79. The van der Waals surface area contributed by atoms with Gasteiger partial charge in [0.15, 0.2) is 6.10 Å². The number of hydrogen-bond donors (Lipinski definition) is 0. The van der Waals surface area contributed by atoms with Crippen LogP contribution in [0.4, 0.5) is 14.5 Å². The van der Waals surface area contributed by atoms with Crippen LogP contribution in [-0.4, -0.2) is 19.5 Å². The summed E-state index contributed by atoms with van der Waals surface area (Å²) in [5.41, 5.74) is 0.826. The first-order valence-corrected chi connectivity index (χ1v) is 5.33. The van der Waals surface area contributed by atoms with E-state index < -0.39 is 19.5 Å². The van der Waals surface area contributed by atoms with Gasteiger partial charge in [-0.05, 0) is 29.8 Å². The number of halogens is 3. The minimum Gasteiger partial charge on any atom is -0.483 e. The number of rotatable bonds is 5. The zero-order valence-electron chi connectivity index (χ0n) is 8.54. The molecule has 0 amide bonds. The summed E-state index contributed by atoms with van der Waals surface area (Å²) >= 11 is 3.23. The van der Waals surface area contributed by atoms with Gasteiger partial charge in [0, 0.05) is 4.47 Å². The number of benzene rings is 1. The summed E-state index contributed by atoms with van der Waals surface area (Å²) in [6.07, 6.45) is -1.20. The fourth-order valence-electron chi connectivity index (χ4n) is 1.10. The molecule has 0 aliphatic rings. The SMILES string of the molecule is Cc1cc(N=O)c(OC(CF)CF)cc1Br. The normalized spacial score (nSPS) is 10.6. The Morgan fingerprint density at radius 3 is 2.56 bits per heavy atom. The van der Waals surface area contributed by atoms with Crippen molar-refractivity contribution in [1.29, 1.82) is 0 Å². The van der Waals surface area contributed by atoms with Gasteiger partial charge in [-0.25, -0.2) is 8.78 Å². The van der Waals surface area contributed by atoms with Crippen LogP contribution in [0.5, 0.6) is 5.75 Å². The lowest BCUT2D eigenvalue weighted by molar-refractivity contribution is 0.134. The molecule has 0 spiro atoms. The highest BCUT2D eigenvalue weighted by Crippen LogP contribution is 2.34. The Morgan fingerprint density at radius 1 is 1.44 bits per heavy atom. The third kappa shape index (κ3) is 2.98. The van der Waals surface area contributed by atoms with E-state index in [4.69, 9.17) is 4.74 Å². The predicted octanol–water partition coefficient (Wildman–Crippen LogP) is 3.84. The number of ether oxygens (including phenoxy) is 1. The van der Waals surface area contributed by atoms with E-state index >= 15 is 0 Å². The highest BCUT2D eigenvalue weighted by molar-refractivity contribution is 9.10. The van der Waals surface area contributed by atoms with Crippen molar-refractivity contribution in [2.45, 2.75) is 13.0 Å². The van der Waals surface area contributed by atoms with Gasteiger partial charge in [0.05, 0.1) is 0 Å². The van der Waals surface area contributed by atoms with Crippen LogP contribution >= 0.6 is 15.9 Å². The Hall–Kier alpha value is -1.04. The maximum atomic E-state index is 12.3. The van der Waals surface area contributed by atoms with E-state index in [9.17, 15) is 13.7 Å². The van der Waals surface area contributed by atoms with E-state index in [0.29, 0.717) is 4.47 Å². The van der Waals surface area contributed by atoms with Crippen molar-refractivity contribution >= 4 is 21.6 Å². The standard InChI is InChI=1S/C10H10BrF2NO2/c1-6-2-9(14-15)10(3-8(6)11)16-7(4-12)5-13/h2-3,7H,4-5H2,1H3. The van der Waals surface area contributed by atoms with Gasteiger partial charge in [-0.3, -0.25) is 0 Å². The summed E-state index contributed by atoms with van der Waals surface area (Å²) in [4.78, 5) is 10.5. The first-order valence-electron chi connectivity index (χ1n) is 4.54. The number of hydrogen-bond acceptors (Lipinski definition) is 3. The van der Waals surface area contributed by atoms with Gasteiger partial charge >= 0.3 is 0 Å². The van der Waals surface area contributed by atoms with Crippen molar-refractivity contribution in [1.82, 2.24) is 0 Å². The highest BCUT2D eigenvalue weighted by atomic mass is 79.9. The molecule has 0 aliphatic carbocycles. The largest absolute Gasteiger partial charge is 0.483 e. The van der Waals surface area contributed by atoms with Crippen LogP contribution in [0.25, 0.3) is 0 Å². The number of nitroso groups, excluding NO2 is 1. The van der Waals surface area contributed by atoms with Crippen molar-refractivity contribution < 1.29 is 13.5 Å². The molecule has 1 aromatic carbocycles. The second-order valence-electron chi connectivity index (χ2n) is 3.21. The molecule has 1 aromatic rings. The number of alkyl halides is 2. The minimum absolute atomic E-state index is 0.0348. The van der Waals surface area contributed by atoms with Crippen LogP contribution in [0.1, 0.15) is 5.56 Å². The van der Waals surface area contributed by atoms with Gasteiger partial charge < -0.3 is 4.74 Å². The fraction of sp³-hybridized carbons (Fsp3) is 0.400. The van der Waals surface area contributed by atoms with Gasteiger partial charge in [0.25, 0.3) is 0 Å². The maximum Gasteiger partial charge on any atom is 0.155 e. The van der Waals surface area contributed by atoms with Crippen LogP contribution in [0.2, 0.25) is 0 Å². The predicted molar refractivity (Wildman–Crippen MR) is 60.7 cm³/mol. The smallest absolute Gasteiger partial charge is 0.155 e. The van der Waals surface area contributed by atoms with E-state index in [1.807, 2.05) is 0 Å². The lowest BCUT2D eigenvalue weighted by atomic mass is 10.2. The molecule has 3 nitrogen and oxygen atoms in total. The topological polar surface area (TPSA) is 38.7 Å². The molecular formula is C10H10BrF2NO2. The maximum absolute atomic E-state index is 12.3. The molecule has 0 heterocycles. The molecule has 0 N–H and O–H groups in total. The van der Waals surface area contributed by atoms with E-state index in [-0.39, 0.29) is 11.4 Å². The Balaban J connectivity index is 3.02. The zero-order chi connectivity index (χ0) is 12.1. The quantitative estimate of drug-likeness (QED) is 0.774. The Bertz CT molecular complexity index is 383. The van der Waals surface area contributed by atoms with Crippen molar-refractivity contribution in [2.24, 2.45) is 5.18 Å². The molecule has 1 rings (SSSR count). The monoisotopic (exact) mass is 293 g/mol. The minimum atomic E-state index is -1.20. The van der Waals surface area contributed by atoms with E-state index in [1.165, 1.54) is 12.1 Å². The average molecular weight is 294 g/mol. The van der Waals surface area contributed by atoms with Gasteiger partial charge in [0.2, 0.25) is 0 Å².